The van der Waals surface area contributed by atoms with Crippen LogP contribution in [0.15, 0.2) is 0 Å². The fourth-order valence-corrected chi connectivity index (χ4v) is 3.05. The van der Waals surface area contributed by atoms with Crippen molar-refractivity contribution < 1.29 is 26.4 Å². The predicted molar refractivity (Wildman–Crippen MR) is 71.1 cm³/mol. The molecule has 1 rings (SSSR count). The third-order valence-electron chi connectivity index (χ3n) is 3.30. The van der Waals surface area contributed by atoms with Crippen LogP contribution in [0, 0.1) is 0 Å². The van der Waals surface area contributed by atoms with Gasteiger partial charge in [0.1, 0.15) is 6.54 Å². The van der Waals surface area contributed by atoms with Gasteiger partial charge in [-0.2, -0.15) is 13.2 Å². The Bertz CT molecular complexity index is 459. The molecule has 1 amide bonds. The number of carbonyl (C=O) groups excluding carboxylic acids is 1. The van der Waals surface area contributed by atoms with Crippen LogP contribution in [0.5, 0.6) is 0 Å². The molecule has 1 aliphatic rings. The van der Waals surface area contributed by atoms with Crippen molar-refractivity contribution in [1.29, 1.82) is 0 Å². The highest BCUT2D eigenvalue weighted by Crippen LogP contribution is 2.15. The number of likely N-dealkylation sites (tertiary alicyclic amines) is 1. The van der Waals surface area contributed by atoms with Gasteiger partial charge in [-0.1, -0.05) is 0 Å². The fourth-order valence-electron chi connectivity index (χ4n) is 2.21. The Kier molecular flexibility index (Phi) is 6.00. The van der Waals surface area contributed by atoms with Crippen molar-refractivity contribution in [1.82, 2.24) is 14.9 Å². The molecular formula is C11H20F3N3O3S. The predicted octanol–water partition coefficient (Wildman–Crippen LogP) is 0.0670. The molecule has 0 aromatic carbocycles. The Morgan fingerprint density at radius 1 is 1.33 bits per heavy atom. The second-order valence-electron chi connectivity index (χ2n) is 5.21. The van der Waals surface area contributed by atoms with Gasteiger partial charge in [0.15, 0.2) is 0 Å². The molecule has 0 aromatic heterocycles. The van der Waals surface area contributed by atoms with E-state index in [0.29, 0.717) is 25.9 Å². The molecule has 21 heavy (non-hydrogen) atoms. The SMILES string of the molecule is CC(C(=O)NCC(F)(F)F)N1CCC(NS(C)(=O)=O)CC1. The Balaban J connectivity index is 2.41. The second-order valence-corrected chi connectivity index (χ2v) is 6.99. The van der Waals surface area contributed by atoms with Gasteiger partial charge in [0.05, 0.1) is 12.3 Å². The Hall–Kier alpha value is -0.870. The van der Waals surface area contributed by atoms with Gasteiger partial charge in [-0.3, -0.25) is 9.69 Å². The molecule has 6 nitrogen and oxygen atoms in total. The summed E-state index contributed by atoms with van der Waals surface area (Å²) >= 11 is 0. The van der Waals surface area contributed by atoms with Gasteiger partial charge in [0.2, 0.25) is 15.9 Å². The van der Waals surface area contributed by atoms with Crippen molar-refractivity contribution in [3.05, 3.63) is 0 Å². The molecule has 1 atom stereocenters. The van der Waals surface area contributed by atoms with Gasteiger partial charge in [-0.25, -0.2) is 13.1 Å². The molecule has 0 aliphatic carbocycles. The van der Waals surface area contributed by atoms with Crippen LogP contribution in [0.3, 0.4) is 0 Å². The number of rotatable bonds is 5. The lowest BCUT2D eigenvalue weighted by atomic mass is 10.0. The van der Waals surface area contributed by atoms with Crippen LogP contribution in [0.2, 0.25) is 0 Å². The van der Waals surface area contributed by atoms with Gasteiger partial charge in [0.25, 0.3) is 0 Å². The van der Waals surface area contributed by atoms with Gasteiger partial charge in [-0.15, -0.1) is 0 Å². The first-order valence-corrected chi connectivity index (χ1v) is 8.43. The van der Waals surface area contributed by atoms with Crippen LogP contribution >= 0.6 is 0 Å². The smallest absolute Gasteiger partial charge is 0.346 e. The first-order chi connectivity index (χ1) is 9.48. The number of piperidine rings is 1. The summed E-state index contributed by atoms with van der Waals surface area (Å²) in [5.41, 5.74) is 0. The van der Waals surface area contributed by atoms with Gasteiger partial charge in [0, 0.05) is 19.1 Å². The first-order valence-electron chi connectivity index (χ1n) is 6.54. The van der Waals surface area contributed by atoms with Crippen molar-refractivity contribution >= 4 is 15.9 Å². The number of nitrogens with zero attached hydrogens (tertiary/aromatic N) is 1. The van der Waals surface area contributed by atoms with Crippen molar-refractivity contribution in [2.24, 2.45) is 0 Å². The first kappa shape index (κ1) is 18.2. The highest BCUT2D eigenvalue weighted by atomic mass is 32.2. The molecule has 0 radical (unpaired) electrons. The number of halogens is 3. The molecule has 1 fully saturated rings. The van der Waals surface area contributed by atoms with Gasteiger partial charge < -0.3 is 5.32 Å². The van der Waals surface area contributed by atoms with Crippen LogP contribution < -0.4 is 10.0 Å². The highest BCUT2D eigenvalue weighted by molar-refractivity contribution is 7.88. The quantitative estimate of drug-likeness (QED) is 0.747. The minimum absolute atomic E-state index is 0.193. The average Bonchev–Trinajstić information content (AvgIpc) is 2.33. The largest absolute Gasteiger partial charge is 0.405 e. The van der Waals surface area contributed by atoms with Crippen molar-refractivity contribution in [2.75, 3.05) is 25.9 Å². The molecule has 1 aliphatic heterocycles. The number of carbonyl (C=O) groups is 1. The van der Waals surface area contributed by atoms with Gasteiger partial charge >= 0.3 is 6.18 Å². The standard InChI is InChI=1S/C11H20F3N3O3S/c1-8(10(18)15-7-11(12,13)14)17-5-3-9(4-6-17)16-21(2,19)20/h8-9,16H,3-7H2,1-2H3,(H,15,18). The molecule has 1 heterocycles. The molecule has 1 unspecified atom stereocenters. The van der Waals surface area contributed by atoms with E-state index in [1.807, 2.05) is 5.32 Å². The number of alkyl halides is 3. The third kappa shape index (κ3) is 7.09. The minimum atomic E-state index is -4.43. The lowest BCUT2D eigenvalue weighted by Crippen LogP contribution is -2.52. The minimum Gasteiger partial charge on any atom is -0.346 e. The van der Waals surface area contributed by atoms with E-state index in [0.717, 1.165) is 6.26 Å². The van der Waals surface area contributed by atoms with E-state index in [1.54, 1.807) is 4.90 Å². The van der Waals surface area contributed by atoms with Gasteiger partial charge in [-0.05, 0) is 19.8 Å². The van der Waals surface area contributed by atoms with E-state index in [9.17, 15) is 26.4 Å². The van der Waals surface area contributed by atoms with Crippen molar-refractivity contribution in [3.63, 3.8) is 0 Å². The number of sulfonamides is 1. The monoisotopic (exact) mass is 331 g/mol. The maximum absolute atomic E-state index is 12.0. The normalized spacial score (nSPS) is 20.2. The number of nitrogens with one attached hydrogen (secondary N) is 2. The Labute approximate surface area is 122 Å². The van der Waals surface area contributed by atoms with Crippen LogP contribution in [0.1, 0.15) is 19.8 Å². The zero-order chi connectivity index (χ0) is 16.3. The van der Waals surface area contributed by atoms with E-state index in [1.165, 1.54) is 6.92 Å². The lowest BCUT2D eigenvalue weighted by Gasteiger charge is -2.35. The van der Waals surface area contributed by atoms with E-state index in [2.05, 4.69) is 4.72 Å². The summed E-state index contributed by atoms with van der Waals surface area (Å²) in [4.78, 5) is 13.4. The van der Waals surface area contributed by atoms with E-state index < -0.39 is 34.7 Å². The zero-order valence-electron chi connectivity index (χ0n) is 11.9. The molecule has 2 N–H and O–H groups in total. The maximum atomic E-state index is 12.0. The maximum Gasteiger partial charge on any atom is 0.405 e. The highest BCUT2D eigenvalue weighted by Gasteiger charge is 2.31. The Morgan fingerprint density at radius 2 is 1.86 bits per heavy atom. The lowest BCUT2D eigenvalue weighted by molar-refractivity contribution is -0.141. The number of hydrogen-bond donors (Lipinski definition) is 2. The van der Waals surface area contributed by atoms with Crippen LogP contribution in [0.4, 0.5) is 13.2 Å². The zero-order valence-corrected chi connectivity index (χ0v) is 12.7. The molecule has 0 bridgehead atoms. The van der Waals surface area contributed by atoms with E-state index in [4.69, 9.17) is 0 Å². The van der Waals surface area contributed by atoms with Crippen LogP contribution in [-0.2, 0) is 14.8 Å². The summed E-state index contributed by atoms with van der Waals surface area (Å²) in [5, 5.41) is 1.85. The summed E-state index contributed by atoms with van der Waals surface area (Å²) in [6, 6.07) is -0.867. The molecule has 0 saturated carbocycles. The topological polar surface area (TPSA) is 78.5 Å². The molecule has 10 heteroatoms. The average molecular weight is 331 g/mol. The van der Waals surface area contributed by atoms with Crippen molar-refractivity contribution in [2.45, 2.75) is 38.0 Å². The second kappa shape index (κ2) is 6.93. The van der Waals surface area contributed by atoms with Crippen LogP contribution in [0.25, 0.3) is 0 Å². The molecule has 0 spiro atoms. The number of hydrogen-bond acceptors (Lipinski definition) is 4. The third-order valence-corrected chi connectivity index (χ3v) is 4.06. The van der Waals surface area contributed by atoms with E-state index in [-0.39, 0.29) is 6.04 Å². The number of amides is 1. The fraction of sp³-hybridized carbons (Fsp3) is 0.909. The molecule has 1 saturated heterocycles. The summed E-state index contributed by atoms with van der Waals surface area (Å²) in [5.74, 6) is -0.679. The Morgan fingerprint density at radius 3 is 2.29 bits per heavy atom. The summed E-state index contributed by atoms with van der Waals surface area (Å²) < 4.78 is 60.8. The summed E-state index contributed by atoms with van der Waals surface area (Å²) in [6.07, 6.45) is -2.32. The molecule has 124 valence electrons. The molecular weight excluding hydrogens is 311 g/mol. The van der Waals surface area contributed by atoms with E-state index >= 15 is 0 Å². The van der Waals surface area contributed by atoms with Crippen molar-refractivity contribution in [3.8, 4) is 0 Å². The molecule has 0 aromatic rings. The van der Waals surface area contributed by atoms with Crippen LogP contribution in [-0.4, -0.2) is 63.4 Å². The summed E-state index contributed by atoms with van der Waals surface area (Å²) in [7, 11) is -3.28. The summed E-state index contributed by atoms with van der Waals surface area (Å²) in [6.45, 7) is 1.10.